The fourth-order valence-electron chi connectivity index (χ4n) is 5.11. The third kappa shape index (κ3) is 6.73. The summed E-state index contributed by atoms with van der Waals surface area (Å²) in [4.78, 5) is 33.3. The molecule has 1 unspecified atom stereocenters. The molecule has 9 heteroatoms. The van der Waals surface area contributed by atoms with Gasteiger partial charge in [0.1, 0.15) is 12.4 Å². The van der Waals surface area contributed by atoms with Gasteiger partial charge in [-0.2, -0.15) is 5.10 Å². The second-order valence-corrected chi connectivity index (χ2v) is 11.2. The van der Waals surface area contributed by atoms with Crippen LogP contribution in [0.5, 0.6) is 5.75 Å². The first-order valence-electron chi connectivity index (χ1n) is 13.4. The molecule has 1 aliphatic rings. The van der Waals surface area contributed by atoms with Crippen molar-refractivity contribution in [2.75, 3.05) is 46.4 Å². The van der Waals surface area contributed by atoms with Gasteiger partial charge < -0.3 is 9.64 Å². The lowest BCUT2D eigenvalue weighted by atomic mass is 10.00. The maximum Gasteiger partial charge on any atom is 0.272 e. The van der Waals surface area contributed by atoms with Gasteiger partial charge >= 0.3 is 0 Å². The van der Waals surface area contributed by atoms with Crippen LogP contribution < -0.4 is 10.3 Å². The van der Waals surface area contributed by atoms with Gasteiger partial charge in [0.25, 0.3) is 5.56 Å². The first kappa shape index (κ1) is 27.1. The molecule has 2 aromatic heterocycles. The second-order valence-electron chi connectivity index (χ2n) is 10.1. The Morgan fingerprint density at radius 2 is 1.85 bits per heavy atom. The van der Waals surface area contributed by atoms with Crippen LogP contribution in [0.4, 0.5) is 0 Å². The van der Waals surface area contributed by atoms with Gasteiger partial charge in [0.05, 0.1) is 17.0 Å². The number of fused-ring (bicyclic) bond motifs is 1. The van der Waals surface area contributed by atoms with Crippen molar-refractivity contribution in [1.82, 2.24) is 24.9 Å². The maximum atomic E-state index is 13.3. The Labute approximate surface area is 232 Å². The van der Waals surface area contributed by atoms with Crippen LogP contribution in [0.1, 0.15) is 29.0 Å². The number of thiophene rings is 1. The summed E-state index contributed by atoms with van der Waals surface area (Å²) in [6.45, 7) is 8.02. The molecule has 3 heterocycles. The number of aromatic amines is 1. The van der Waals surface area contributed by atoms with Crippen molar-refractivity contribution in [3.8, 4) is 5.75 Å². The number of carbonyl (C=O) groups excluding carboxylic acids is 1. The number of aromatic nitrogens is 2. The Balaban J connectivity index is 1.08. The first-order valence-corrected chi connectivity index (χ1v) is 14.3. The molecule has 1 atom stereocenters. The van der Waals surface area contributed by atoms with Crippen LogP contribution in [0.2, 0.25) is 0 Å². The van der Waals surface area contributed by atoms with E-state index >= 15 is 0 Å². The van der Waals surface area contributed by atoms with E-state index in [-0.39, 0.29) is 11.5 Å². The summed E-state index contributed by atoms with van der Waals surface area (Å²) in [7, 11) is 2.14. The standard InChI is InChI=1S/C30H35N5O3S/c1-22(28-26-10-3-4-11-27(26)29(36)32-31-28)30(37)35-14-12-34(13-15-35)16-17-38-24-8-5-7-23(19-24)20-33(2)21-25-9-6-18-39-25/h3-11,18-19,22H,12-17,20-21H2,1-2H3,(H,32,36). The molecule has 5 rings (SSSR count). The highest BCUT2D eigenvalue weighted by Gasteiger charge is 2.28. The highest BCUT2D eigenvalue weighted by molar-refractivity contribution is 7.09. The lowest BCUT2D eigenvalue weighted by Gasteiger charge is -2.35. The Kier molecular flexibility index (Phi) is 8.71. The van der Waals surface area contributed by atoms with Crippen molar-refractivity contribution in [2.45, 2.75) is 25.9 Å². The zero-order chi connectivity index (χ0) is 27.2. The molecular formula is C30H35N5O3S. The highest BCUT2D eigenvalue weighted by atomic mass is 32.1. The van der Waals surface area contributed by atoms with Crippen LogP contribution in [-0.4, -0.2) is 77.2 Å². The summed E-state index contributed by atoms with van der Waals surface area (Å²) in [5.74, 6) is 0.495. The summed E-state index contributed by atoms with van der Waals surface area (Å²) >= 11 is 1.78. The summed E-state index contributed by atoms with van der Waals surface area (Å²) in [5.41, 5.74) is 1.61. The molecule has 1 saturated heterocycles. The molecule has 0 bridgehead atoms. The number of amides is 1. The predicted molar refractivity (Wildman–Crippen MR) is 155 cm³/mol. The zero-order valence-electron chi connectivity index (χ0n) is 22.5. The monoisotopic (exact) mass is 545 g/mol. The van der Waals surface area contributed by atoms with E-state index in [1.54, 1.807) is 17.4 Å². The van der Waals surface area contributed by atoms with Gasteiger partial charge in [0, 0.05) is 56.1 Å². The normalized spacial score (nSPS) is 15.1. The van der Waals surface area contributed by atoms with Crippen molar-refractivity contribution in [3.63, 3.8) is 0 Å². The SMILES string of the molecule is CC(C(=O)N1CCN(CCOc2cccc(CN(C)Cc3cccs3)c2)CC1)c1n[nH]c(=O)c2ccccc12. The fourth-order valence-corrected chi connectivity index (χ4v) is 5.90. The van der Waals surface area contributed by atoms with Crippen molar-refractivity contribution in [1.29, 1.82) is 0 Å². The molecule has 0 radical (unpaired) electrons. The minimum absolute atomic E-state index is 0.0384. The van der Waals surface area contributed by atoms with Gasteiger partial charge in [-0.15, -0.1) is 11.3 Å². The molecule has 39 heavy (non-hydrogen) atoms. The van der Waals surface area contributed by atoms with E-state index in [4.69, 9.17) is 4.74 Å². The van der Waals surface area contributed by atoms with Crippen molar-refractivity contribution >= 4 is 28.0 Å². The Hall–Kier alpha value is -3.53. The number of H-pyrrole nitrogens is 1. The van der Waals surface area contributed by atoms with Crippen molar-refractivity contribution < 1.29 is 9.53 Å². The van der Waals surface area contributed by atoms with E-state index in [0.29, 0.717) is 30.8 Å². The highest BCUT2D eigenvalue weighted by Crippen LogP contribution is 2.23. The number of benzene rings is 2. The predicted octanol–water partition coefficient (Wildman–Crippen LogP) is 3.94. The number of ether oxygens (including phenoxy) is 1. The number of hydrogen-bond donors (Lipinski definition) is 1. The van der Waals surface area contributed by atoms with Gasteiger partial charge in [-0.05, 0) is 49.2 Å². The molecule has 1 N–H and O–H groups in total. The first-order chi connectivity index (χ1) is 19.0. The fraction of sp³-hybridized carbons (Fsp3) is 0.367. The van der Waals surface area contributed by atoms with Gasteiger partial charge in [-0.1, -0.05) is 36.4 Å². The van der Waals surface area contributed by atoms with Gasteiger partial charge in [0.15, 0.2) is 0 Å². The van der Waals surface area contributed by atoms with Gasteiger partial charge in [-0.25, -0.2) is 5.10 Å². The van der Waals surface area contributed by atoms with E-state index in [9.17, 15) is 9.59 Å². The quantitative estimate of drug-likeness (QED) is 0.325. The number of nitrogens with one attached hydrogen (secondary N) is 1. The lowest BCUT2D eigenvalue weighted by Crippen LogP contribution is -2.50. The average Bonchev–Trinajstić information content (AvgIpc) is 3.46. The summed E-state index contributed by atoms with van der Waals surface area (Å²) in [6, 6.07) is 19.9. The number of hydrogen-bond acceptors (Lipinski definition) is 7. The van der Waals surface area contributed by atoms with Gasteiger partial charge in [0.2, 0.25) is 5.91 Å². The molecule has 2 aromatic carbocycles. The van der Waals surface area contributed by atoms with Crippen LogP contribution in [0, 0.1) is 0 Å². The number of piperazine rings is 1. The molecule has 1 fully saturated rings. The number of rotatable bonds is 10. The topological polar surface area (TPSA) is 81.8 Å². The third-order valence-electron chi connectivity index (χ3n) is 7.22. The maximum absolute atomic E-state index is 13.3. The Bertz CT molecular complexity index is 1450. The molecule has 204 valence electrons. The molecule has 8 nitrogen and oxygen atoms in total. The van der Waals surface area contributed by atoms with Crippen molar-refractivity contribution in [3.05, 3.63) is 92.5 Å². The van der Waals surface area contributed by atoms with Crippen LogP contribution in [0.3, 0.4) is 0 Å². The smallest absolute Gasteiger partial charge is 0.272 e. The molecule has 0 spiro atoms. The Morgan fingerprint density at radius 3 is 2.62 bits per heavy atom. The number of carbonyl (C=O) groups is 1. The molecule has 1 amide bonds. The minimum Gasteiger partial charge on any atom is -0.492 e. The molecular weight excluding hydrogens is 510 g/mol. The van der Waals surface area contributed by atoms with Crippen LogP contribution in [-0.2, 0) is 17.9 Å². The largest absolute Gasteiger partial charge is 0.492 e. The average molecular weight is 546 g/mol. The number of nitrogens with zero attached hydrogens (tertiary/aromatic N) is 4. The molecule has 1 aliphatic heterocycles. The van der Waals surface area contributed by atoms with E-state index in [1.165, 1.54) is 10.4 Å². The summed E-state index contributed by atoms with van der Waals surface area (Å²) < 4.78 is 6.08. The van der Waals surface area contributed by atoms with Crippen LogP contribution >= 0.6 is 11.3 Å². The molecule has 0 saturated carbocycles. The second kappa shape index (κ2) is 12.5. The summed E-state index contributed by atoms with van der Waals surface area (Å²) in [5, 5.41) is 10.2. The molecule has 4 aromatic rings. The van der Waals surface area contributed by atoms with Crippen LogP contribution in [0.25, 0.3) is 10.8 Å². The van der Waals surface area contributed by atoms with Crippen molar-refractivity contribution in [2.24, 2.45) is 0 Å². The van der Waals surface area contributed by atoms with E-state index in [0.717, 1.165) is 43.9 Å². The third-order valence-corrected chi connectivity index (χ3v) is 8.08. The molecule has 0 aliphatic carbocycles. The minimum atomic E-state index is -0.432. The van der Waals surface area contributed by atoms with Gasteiger partial charge in [-0.3, -0.25) is 19.4 Å². The zero-order valence-corrected chi connectivity index (χ0v) is 23.3. The summed E-state index contributed by atoms with van der Waals surface area (Å²) in [6.07, 6.45) is 0. The van der Waals surface area contributed by atoms with E-state index in [2.05, 4.69) is 62.8 Å². The Morgan fingerprint density at radius 1 is 1.05 bits per heavy atom. The van der Waals surface area contributed by atoms with Crippen LogP contribution in [0.15, 0.2) is 70.8 Å². The van der Waals surface area contributed by atoms with E-state index in [1.807, 2.05) is 36.1 Å². The van der Waals surface area contributed by atoms with E-state index < -0.39 is 5.92 Å². The lowest BCUT2D eigenvalue weighted by molar-refractivity contribution is -0.134.